The molecule has 1 atom stereocenters. The lowest BCUT2D eigenvalue weighted by atomic mass is 9.86. The summed E-state index contributed by atoms with van der Waals surface area (Å²) in [5, 5.41) is 10.5. The van der Waals surface area contributed by atoms with Gasteiger partial charge in [0.25, 0.3) is 0 Å². The Morgan fingerprint density at radius 1 is 1.19 bits per heavy atom. The predicted molar refractivity (Wildman–Crippen MR) is 105 cm³/mol. The van der Waals surface area contributed by atoms with Crippen LogP contribution in [-0.4, -0.2) is 4.98 Å². The lowest BCUT2D eigenvalue weighted by molar-refractivity contribution is 0.522. The van der Waals surface area contributed by atoms with E-state index in [2.05, 4.69) is 11.1 Å². The second-order valence-electron chi connectivity index (χ2n) is 6.49. The molecule has 6 heteroatoms. The van der Waals surface area contributed by atoms with Crippen LogP contribution in [0.5, 0.6) is 0 Å². The van der Waals surface area contributed by atoms with E-state index >= 15 is 0 Å². The Morgan fingerprint density at radius 2 is 1.93 bits per heavy atom. The summed E-state index contributed by atoms with van der Waals surface area (Å²) in [5.74, 6) is 0.937. The molecule has 0 aliphatic carbocycles. The monoisotopic (exact) mass is 376 g/mol. The lowest BCUT2D eigenvalue weighted by Crippen LogP contribution is -2.31. The third kappa shape index (κ3) is 2.84. The van der Waals surface area contributed by atoms with Gasteiger partial charge in [0.05, 0.1) is 23.2 Å². The summed E-state index contributed by atoms with van der Waals surface area (Å²) in [6.07, 6.45) is 0. The maximum Gasteiger partial charge on any atom is 0.230 e. The standard InChI is InChI=1S/C21H17ClN4O/c1-12-6-8-16(9-7-12)26-20(24)17(11-23)18(14-4-3-5-15(22)10-14)19-21(26)27-13(2)25-19/h3-10,18H,24H2,1-2H3. The third-order valence-electron chi connectivity index (χ3n) is 4.62. The molecule has 0 amide bonds. The first-order valence-corrected chi connectivity index (χ1v) is 8.86. The van der Waals surface area contributed by atoms with E-state index in [1.54, 1.807) is 17.9 Å². The number of nitrogens with two attached hydrogens (primary N) is 1. The van der Waals surface area contributed by atoms with Crippen LogP contribution in [0.25, 0.3) is 0 Å². The van der Waals surface area contributed by atoms with Crippen LogP contribution in [0.15, 0.2) is 64.3 Å². The number of hydrogen-bond donors (Lipinski definition) is 1. The maximum absolute atomic E-state index is 9.90. The lowest BCUT2D eigenvalue weighted by Gasteiger charge is -2.31. The number of nitrogens with zero attached hydrogens (tertiary/aromatic N) is 3. The molecule has 134 valence electrons. The fourth-order valence-corrected chi connectivity index (χ4v) is 3.58. The van der Waals surface area contributed by atoms with Gasteiger partial charge >= 0.3 is 0 Å². The highest BCUT2D eigenvalue weighted by Gasteiger charge is 2.38. The van der Waals surface area contributed by atoms with Crippen molar-refractivity contribution in [3.63, 3.8) is 0 Å². The van der Waals surface area contributed by atoms with Crippen molar-refractivity contribution >= 4 is 23.2 Å². The van der Waals surface area contributed by atoms with Gasteiger partial charge in [0, 0.05) is 11.9 Å². The fraction of sp³-hybridized carbons (Fsp3) is 0.143. The van der Waals surface area contributed by atoms with Gasteiger partial charge in [-0.25, -0.2) is 4.98 Å². The maximum atomic E-state index is 9.90. The summed E-state index contributed by atoms with van der Waals surface area (Å²) in [5.41, 5.74) is 10.3. The van der Waals surface area contributed by atoms with Gasteiger partial charge in [-0.3, -0.25) is 4.90 Å². The quantitative estimate of drug-likeness (QED) is 0.686. The van der Waals surface area contributed by atoms with Crippen molar-refractivity contribution in [3.8, 4) is 6.07 Å². The SMILES string of the molecule is Cc1ccc(N2C(N)=C(C#N)C(c3cccc(Cl)c3)c3nc(C)oc32)cc1. The Hall–Kier alpha value is -3.23. The average Bonchev–Trinajstić information content (AvgIpc) is 3.02. The van der Waals surface area contributed by atoms with Crippen LogP contribution in [-0.2, 0) is 0 Å². The summed E-state index contributed by atoms with van der Waals surface area (Å²) < 4.78 is 5.91. The Kier molecular flexibility index (Phi) is 4.14. The van der Waals surface area contributed by atoms with Crippen LogP contribution in [0.4, 0.5) is 11.6 Å². The van der Waals surface area contributed by atoms with Crippen LogP contribution >= 0.6 is 11.6 Å². The van der Waals surface area contributed by atoms with E-state index in [-0.39, 0.29) is 0 Å². The van der Waals surface area contributed by atoms with Crippen molar-refractivity contribution in [3.05, 3.63) is 87.7 Å². The number of fused-ring (bicyclic) bond motifs is 1. The average molecular weight is 377 g/mol. The molecular weight excluding hydrogens is 360 g/mol. The van der Waals surface area contributed by atoms with Crippen LogP contribution < -0.4 is 10.6 Å². The highest BCUT2D eigenvalue weighted by atomic mass is 35.5. The number of halogens is 1. The zero-order chi connectivity index (χ0) is 19.1. The highest BCUT2D eigenvalue weighted by Crippen LogP contribution is 2.46. The van der Waals surface area contributed by atoms with Gasteiger partial charge < -0.3 is 10.2 Å². The molecule has 27 heavy (non-hydrogen) atoms. The van der Waals surface area contributed by atoms with Gasteiger partial charge in [-0.15, -0.1) is 0 Å². The fourth-order valence-electron chi connectivity index (χ4n) is 3.38. The Morgan fingerprint density at radius 3 is 2.59 bits per heavy atom. The van der Waals surface area contributed by atoms with Crippen molar-refractivity contribution < 1.29 is 4.42 Å². The summed E-state index contributed by atoms with van der Waals surface area (Å²) in [7, 11) is 0. The molecule has 0 radical (unpaired) electrons. The first-order chi connectivity index (χ1) is 13.0. The van der Waals surface area contributed by atoms with E-state index in [1.807, 2.05) is 49.4 Å². The van der Waals surface area contributed by atoms with Gasteiger partial charge in [-0.1, -0.05) is 41.4 Å². The van der Waals surface area contributed by atoms with Gasteiger partial charge in [0.2, 0.25) is 5.88 Å². The molecule has 1 unspecified atom stereocenters. The minimum atomic E-state index is -0.428. The third-order valence-corrected chi connectivity index (χ3v) is 4.85. The molecule has 2 heterocycles. The van der Waals surface area contributed by atoms with E-state index in [0.29, 0.717) is 33.9 Å². The summed E-state index contributed by atoms with van der Waals surface area (Å²) in [6, 6.07) is 17.5. The van der Waals surface area contributed by atoms with E-state index in [1.165, 1.54) is 0 Å². The van der Waals surface area contributed by atoms with Crippen molar-refractivity contribution in [2.45, 2.75) is 19.8 Å². The zero-order valence-electron chi connectivity index (χ0n) is 14.9. The van der Waals surface area contributed by atoms with E-state index < -0.39 is 5.92 Å². The summed E-state index contributed by atoms with van der Waals surface area (Å²) in [4.78, 5) is 6.32. The Balaban J connectivity index is 1.96. The van der Waals surface area contributed by atoms with E-state index in [0.717, 1.165) is 16.8 Å². The molecule has 0 saturated heterocycles. The molecule has 0 spiro atoms. The Labute approximate surface area is 162 Å². The van der Waals surface area contributed by atoms with Gasteiger partial charge in [-0.2, -0.15) is 5.26 Å². The molecule has 0 saturated carbocycles. The Bertz CT molecular complexity index is 1090. The minimum Gasteiger partial charge on any atom is -0.424 e. The van der Waals surface area contributed by atoms with Crippen molar-refractivity contribution in [1.82, 2.24) is 4.98 Å². The van der Waals surface area contributed by atoms with Crippen LogP contribution in [0.3, 0.4) is 0 Å². The molecular formula is C21H17ClN4O. The molecule has 0 bridgehead atoms. The highest BCUT2D eigenvalue weighted by molar-refractivity contribution is 6.30. The van der Waals surface area contributed by atoms with Crippen molar-refractivity contribution in [2.24, 2.45) is 5.73 Å². The largest absolute Gasteiger partial charge is 0.424 e. The predicted octanol–water partition coefficient (Wildman–Crippen LogP) is 4.92. The summed E-state index contributed by atoms with van der Waals surface area (Å²) >= 11 is 6.18. The number of rotatable bonds is 2. The number of nitriles is 1. The first kappa shape index (κ1) is 17.2. The number of aromatic nitrogens is 1. The van der Waals surface area contributed by atoms with Crippen LogP contribution in [0.2, 0.25) is 5.02 Å². The molecule has 2 aromatic carbocycles. The molecule has 2 N–H and O–H groups in total. The number of oxazole rings is 1. The number of aryl methyl sites for hydroxylation is 2. The molecule has 1 aliphatic rings. The van der Waals surface area contributed by atoms with Crippen LogP contribution in [0, 0.1) is 25.2 Å². The molecule has 1 aromatic heterocycles. The molecule has 1 aliphatic heterocycles. The van der Waals surface area contributed by atoms with Gasteiger partial charge in [-0.05, 0) is 36.8 Å². The topological polar surface area (TPSA) is 79.1 Å². The van der Waals surface area contributed by atoms with E-state index in [4.69, 9.17) is 21.8 Å². The minimum absolute atomic E-state index is 0.329. The second kappa shape index (κ2) is 6.49. The number of hydrogen-bond acceptors (Lipinski definition) is 5. The zero-order valence-corrected chi connectivity index (χ0v) is 15.7. The number of benzene rings is 2. The number of allylic oxidation sites excluding steroid dienone is 1. The van der Waals surface area contributed by atoms with Crippen LogP contribution in [0.1, 0.15) is 28.6 Å². The normalized spacial score (nSPS) is 16.2. The summed E-state index contributed by atoms with van der Waals surface area (Å²) in [6.45, 7) is 3.79. The molecule has 5 nitrogen and oxygen atoms in total. The van der Waals surface area contributed by atoms with E-state index in [9.17, 15) is 5.26 Å². The van der Waals surface area contributed by atoms with Gasteiger partial charge in [0.1, 0.15) is 11.5 Å². The first-order valence-electron chi connectivity index (χ1n) is 8.49. The van der Waals surface area contributed by atoms with Crippen molar-refractivity contribution in [1.29, 1.82) is 5.26 Å². The number of anilines is 2. The second-order valence-corrected chi connectivity index (χ2v) is 6.93. The van der Waals surface area contributed by atoms with Gasteiger partial charge in [0.15, 0.2) is 5.89 Å². The molecule has 4 rings (SSSR count). The van der Waals surface area contributed by atoms with Crippen molar-refractivity contribution in [2.75, 3.05) is 4.90 Å². The molecule has 3 aromatic rings. The molecule has 0 fully saturated rings. The smallest absolute Gasteiger partial charge is 0.230 e.